The van der Waals surface area contributed by atoms with E-state index in [2.05, 4.69) is 0 Å². The molecule has 0 heterocycles. The molecule has 19 heavy (non-hydrogen) atoms. The quantitative estimate of drug-likeness (QED) is 0.805. The molecule has 0 bridgehead atoms. The summed E-state index contributed by atoms with van der Waals surface area (Å²) in [6, 6.07) is 12.8. The van der Waals surface area contributed by atoms with Crippen LogP contribution in [-0.2, 0) is 6.42 Å². The van der Waals surface area contributed by atoms with E-state index in [0.717, 1.165) is 11.1 Å². The van der Waals surface area contributed by atoms with Crippen LogP contribution in [0.4, 0.5) is 0 Å². The molecule has 4 N–H and O–H groups in total. The van der Waals surface area contributed by atoms with Crippen LogP contribution in [0.15, 0.2) is 42.5 Å². The topological polar surface area (TPSA) is 66.5 Å². The Morgan fingerprint density at radius 1 is 1.11 bits per heavy atom. The fourth-order valence-corrected chi connectivity index (χ4v) is 2.24. The number of phenols is 1. The van der Waals surface area contributed by atoms with Gasteiger partial charge in [0, 0.05) is 5.56 Å². The summed E-state index contributed by atoms with van der Waals surface area (Å²) in [5.74, 6) is -0.0555. The zero-order chi connectivity index (χ0) is 13.8. The third-order valence-electron chi connectivity index (χ3n) is 3.00. The minimum Gasteiger partial charge on any atom is -0.506 e. The Balaban J connectivity index is 2.34. The zero-order valence-corrected chi connectivity index (χ0v) is 11.1. The standard InChI is InChI=1S/C15H16ClNO2/c16-13-8-11(6-10-4-2-1-3-5-10)7-12(15(13)19)14(17)9-18/h1-5,7-8,14,18-19H,6,9,17H2/t14-/m0/s1. The molecule has 0 aliphatic rings. The Labute approximate surface area is 117 Å². The highest BCUT2D eigenvalue weighted by molar-refractivity contribution is 6.32. The predicted octanol–water partition coefficient (Wildman–Crippen LogP) is 2.63. The van der Waals surface area contributed by atoms with Gasteiger partial charge in [-0.15, -0.1) is 0 Å². The lowest BCUT2D eigenvalue weighted by molar-refractivity contribution is 0.265. The molecule has 2 aromatic carbocycles. The molecule has 0 spiro atoms. The highest BCUT2D eigenvalue weighted by Crippen LogP contribution is 2.33. The van der Waals surface area contributed by atoms with Crippen molar-refractivity contribution in [3.05, 3.63) is 64.2 Å². The first-order valence-corrected chi connectivity index (χ1v) is 6.41. The van der Waals surface area contributed by atoms with Crippen LogP contribution < -0.4 is 5.73 Å². The van der Waals surface area contributed by atoms with Gasteiger partial charge in [0.05, 0.1) is 17.7 Å². The Hall–Kier alpha value is -1.55. The number of nitrogens with two attached hydrogens (primary N) is 1. The van der Waals surface area contributed by atoms with Crippen molar-refractivity contribution in [2.45, 2.75) is 12.5 Å². The van der Waals surface area contributed by atoms with Crippen molar-refractivity contribution in [2.75, 3.05) is 6.61 Å². The van der Waals surface area contributed by atoms with Gasteiger partial charge in [0.15, 0.2) is 0 Å². The van der Waals surface area contributed by atoms with Gasteiger partial charge in [0.25, 0.3) is 0 Å². The van der Waals surface area contributed by atoms with Crippen LogP contribution in [0.5, 0.6) is 5.75 Å². The van der Waals surface area contributed by atoms with Crippen LogP contribution in [0.25, 0.3) is 0 Å². The first kappa shape index (κ1) is 13.9. The third kappa shape index (κ3) is 3.26. The number of halogens is 1. The molecular formula is C15H16ClNO2. The average molecular weight is 278 g/mol. The molecule has 2 aromatic rings. The lowest BCUT2D eigenvalue weighted by Crippen LogP contribution is -2.15. The fraction of sp³-hybridized carbons (Fsp3) is 0.200. The van der Waals surface area contributed by atoms with Crippen LogP contribution in [-0.4, -0.2) is 16.8 Å². The second-order valence-corrected chi connectivity index (χ2v) is 4.87. The first-order chi connectivity index (χ1) is 9.11. The molecule has 0 amide bonds. The monoisotopic (exact) mass is 277 g/mol. The molecule has 2 rings (SSSR count). The van der Waals surface area contributed by atoms with Crippen LogP contribution >= 0.6 is 11.6 Å². The number of hydrogen-bond acceptors (Lipinski definition) is 3. The van der Waals surface area contributed by atoms with E-state index >= 15 is 0 Å². The third-order valence-corrected chi connectivity index (χ3v) is 3.29. The Kier molecular flexibility index (Phi) is 4.43. The summed E-state index contributed by atoms with van der Waals surface area (Å²) >= 11 is 6.00. The van der Waals surface area contributed by atoms with E-state index in [1.807, 2.05) is 30.3 Å². The molecule has 0 fully saturated rings. The zero-order valence-electron chi connectivity index (χ0n) is 10.4. The number of hydrogen-bond donors (Lipinski definition) is 3. The lowest BCUT2D eigenvalue weighted by atomic mass is 9.99. The lowest BCUT2D eigenvalue weighted by Gasteiger charge is -2.14. The van der Waals surface area contributed by atoms with Crippen LogP contribution in [0.3, 0.4) is 0 Å². The maximum absolute atomic E-state index is 9.87. The number of benzene rings is 2. The van der Waals surface area contributed by atoms with Gasteiger partial charge in [-0.2, -0.15) is 0 Å². The van der Waals surface area contributed by atoms with Crippen molar-refractivity contribution in [3.63, 3.8) is 0 Å². The molecule has 4 heteroatoms. The number of aliphatic hydroxyl groups excluding tert-OH is 1. The summed E-state index contributed by atoms with van der Waals surface area (Å²) in [5, 5.41) is 19.2. The molecule has 0 aromatic heterocycles. The molecule has 100 valence electrons. The van der Waals surface area contributed by atoms with E-state index < -0.39 is 6.04 Å². The number of aliphatic hydroxyl groups is 1. The minimum absolute atomic E-state index is 0.0555. The van der Waals surface area contributed by atoms with Crippen molar-refractivity contribution in [3.8, 4) is 5.75 Å². The van der Waals surface area contributed by atoms with Crippen molar-refractivity contribution in [2.24, 2.45) is 5.73 Å². The fourth-order valence-electron chi connectivity index (χ4n) is 1.99. The van der Waals surface area contributed by atoms with E-state index in [-0.39, 0.29) is 17.4 Å². The van der Waals surface area contributed by atoms with Gasteiger partial charge in [0.2, 0.25) is 0 Å². The van der Waals surface area contributed by atoms with E-state index in [0.29, 0.717) is 12.0 Å². The van der Waals surface area contributed by atoms with Gasteiger partial charge in [0.1, 0.15) is 5.75 Å². The van der Waals surface area contributed by atoms with Gasteiger partial charge in [-0.1, -0.05) is 48.0 Å². The summed E-state index contributed by atoms with van der Waals surface area (Å²) in [6.07, 6.45) is 0.700. The van der Waals surface area contributed by atoms with Crippen molar-refractivity contribution >= 4 is 11.6 Å². The molecule has 0 aliphatic heterocycles. The normalized spacial score (nSPS) is 12.4. The summed E-state index contributed by atoms with van der Waals surface area (Å²) in [6.45, 7) is -0.237. The van der Waals surface area contributed by atoms with Gasteiger partial charge < -0.3 is 15.9 Å². The number of phenolic OH excluding ortho intramolecular Hbond substituents is 1. The largest absolute Gasteiger partial charge is 0.506 e. The summed E-state index contributed by atoms with van der Waals surface area (Å²) < 4.78 is 0. The van der Waals surface area contributed by atoms with Gasteiger partial charge >= 0.3 is 0 Å². The highest BCUT2D eigenvalue weighted by atomic mass is 35.5. The second-order valence-electron chi connectivity index (χ2n) is 4.47. The van der Waals surface area contributed by atoms with Crippen molar-refractivity contribution < 1.29 is 10.2 Å². The Bertz CT molecular complexity index is 558. The van der Waals surface area contributed by atoms with E-state index in [4.69, 9.17) is 22.4 Å². The van der Waals surface area contributed by atoms with Gasteiger partial charge in [-0.05, 0) is 23.6 Å². The van der Waals surface area contributed by atoms with Crippen LogP contribution in [0.2, 0.25) is 5.02 Å². The van der Waals surface area contributed by atoms with Gasteiger partial charge in [-0.25, -0.2) is 0 Å². The van der Waals surface area contributed by atoms with Crippen molar-refractivity contribution in [1.29, 1.82) is 0 Å². The average Bonchev–Trinajstić information content (AvgIpc) is 2.43. The first-order valence-electron chi connectivity index (χ1n) is 6.03. The van der Waals surface area contributed by atoms with Crippen molar-refractivity contribution in [1.82, 2.24) is 0 Å². The molecule has 0 saturated heterocycles. The number of rotatable bonds is 4. The predicted molar refractivity (Wildman–Crippen MR) is 76.4 cm³/mol. The highest BCUT2D eigenvalue weighted by Gasteiger charge is 2.14. The molecule has 0 saturated carbocycles. The SMILES string of the molecule is N[C@@H](CO)c1cc(Cc2ccccc2)cc(Cl)c1O. The van der Waals surface area contributed by atoms with Crippen LogP contribution in [0, 0.1) is 0 Å². The summed E-state index contributed by atoms with van der Waals surface area (Å²) in [7, 11) is 0. The smallest absolute Gasteiger partial charge is 0.139 e. The maximum atomic E-state index is 9.87. The molecular weight excluding hydrogens is 262 g/mol. The molecule has 0 radical (unpaired) electrons. The number of aromatic hydroxyl groups is 1. The molecule has 3 nitrogen and oxygen atoms in total. The van der Waals surface area contributed by atoms with E-state index in [9.17, 15) is 5.11 Å². The molecule has 0 aliphatic carbocycles. The van der Waals surface area contributed by atoms with E-state index in [1.165, 1.54) is 0 Å². The summed E-state index contributed by atoms with van der Waals surface area (Å²) in [5.41, 5.74) is 8.33. The molecule has 0 unspecified atom stereocenters. The van der Waals surface area contributed by atoms with Gasteiger partial charge in [-0.3, -0.25) is 0 Å². The summed E-state index contributed by atoms with van der Waals surface area (Å²) in [4.78, 5) is 0. The second kappa shape index (κ2) is 6.06. The maximum Gasteiger partial charge on any atom is 0.139 e. The minimum atomic E-state index is -0.631. The molecule has 1 atom stereocenters. The van der Waals surface area contributed by atoms with Crippen LogP contribution in [0.1, 0.15) is 22.7 Å². The Morgan fingerprint density at radius 3 is 2.42 bits per heavy atom. The van der Waals surface area contributed by atoms with E-state index in [1.54, 1.807) is 12.1 Å². The Morgan fingerprint density at radius 2 is 1.79 bits per heavy atom.